The second-order valence-electron chi connectivity index (χ2n) is 6.40. The van der Waals surface area contributed by atoms with Gasteiger partial charge in [-0.05, 0) is 44.9 Å². The lowest BCUT2D eigenvalue weighted by molar-refractivity contribution is -0.135. The monoisotopic (exact) mass is 391 g/mol. The lowest BCUT2D eigenvalue weighted by Crippen LogP contribution is -2.51. The number of carbonyl (C=O) groups excluding carboxylic acids is 1. The van der Waals surface area contributed by atoms with E-state index in [1.54, 1.807) is 0 Å². The van der Waals surface area contributed by atoms with Gasteiger partial charge >= 0.3 is 0 Å². The number of hydrogen-bond acceptors (Lipinski definition) is 4. The molecule has 25 heavy (non-hydrogen) atoms. The number of carbonyl (C=O) groups is 1. The van der Waals surface area contributed by atoms with Crippen molar-refractivity contribution < 1.29 is 17.6 Å². The molecule has 6 nitrogen and oxygen atoms in total. The fourth-order valence-corrected chi connectivity index (χ4v) is 4.85. The zero-order valence-electron chi connectivity index (χ0n) is 13.9. The van der Waals surface area contributed by atoms with E-state index in [0.29, 0.717) is 0 Å². The Labute approximate surface area is 153 Å². The summed E-state index contributed by atoms with van der Waals surface area (Å²) in [6.45, 7) is 3.10. The van der Waals surface area contributed by atoms with Crippen LogP contribution in [-0.4, -0.2) is 50.4 Å². The molecule has 2 heterocycles. The third kappa shape index (κ3) is 4.13. The van der Waals surface area contributed by atoms with E-state index in [1.165, 1.54) is 25.1 Å². The minimum Gasteiger partial charge on any atom is -0.334 e. The lowest BCUT2D eigenvalue weighted by atomic mass is 10.1. The molecule has 2 bridgehead atoms. The SMILES string of the molecule is CC(NS(=O)(=O)c1ccccc1F)C(=O)N1C2CCNCC1CC2.Cl. The highest BCUT2D eigenvalue weighted by Crippen LogP contribution is 2.28. The van der Waals surface area contributed by atoms with Crippen LogP contribution in [0.1, 0.15) is 26.2 Å². The molecule has 1 aromatic carbocycles. The minimum atomic E-state index is -4.09. The molecule has 0 aromatic heterocycles. The largest absolute Gasteiger partial charge is 0.334 e. The number of fused-ring (bicyclic) bond motifs is 2. The van der Waals surface area contributed by atoms with Crippen LogP contribution >= 0.6 is 12.4 Å². The summed E-state index contributed by atoms with van der Waals surface area (Å²) in [4.78, 5) is 14.2. The predicted octanol–water partition coefficient (Wildman–Crippen LogP) is 1.27. The van der Waals surface area contributed by atoms with Crippen molar-refractivity contribution in [2.75, 3.05) is 13.1 Å². The Morgan fingerprint density at radius 3 is 2.68 bits per heavy atom. The number of amides is 1. The number of halogens is 2. The third-order valence-corrected chi connectivity index (χ3v) is 6.31. The number of benzene rings is 1. The van der Waals surface area contributed by atoms with Gasteiger partial charge in [0.1, 0.15) is 10.7 Å². The maximum absolute atomic E-state index is 13.8. The molecule has 3 atom stereocenters. The van der Waals surface area contributed by atoms with Gasteiger partial charge in [0, 0.05) is 18.6 Å². The van der Waals surface area contributed by atoms with Crippen LogP contribution in [-0.2, 0) is 14.8 Å². The Kier molecular flexibility index (Phi) is 6.42. The molecule has 2 N–H and O–H groups in total. The van der Waals surface area contributed by atoms with Crippen LogP contribution in [0.3, 0.4) is 0 Å². The van der Waals surface area contributed by atoms with Crippen molar-refractivity contribution in [1.29, 1.82) is 0 Å². The van der Waals surface area contributed by atoms with E-state index in [9.17, 15) is 17.6 Å². The topological polar surface area (TPSA) is 78.5 Å². The molecular weight excluding hydrogens is 369 g/mol. The summed E-state index contributed by atoms with van der Waals surface area (Å²) in [6, 6.07) is 4.46. The lowest BCUT2D eigenvalue weighted by Gasteiger charge is -2.30. The van der Waals surface area contributed by atoms with Crippen LogP contribution in [0.25, 0.3) is 0 Å². The average molecular weight is 392 g/mol. The summed E-state index contributed by atoms with van der Waals surface area (Å²) in [5.74, 6) is -1.07. The fourth-order valence-electron chi connectivity index (χ4n) is 3.58. The van der Waals surface area contributed by atoms with Gasteiger partial charge in [0.05, 0.1) is 6.04 Å². The second-order valence-corrected chi connectivity index (χ2v) is 8.08. The first-order chi connectivity index (χ1) is 11.4. The number of hydrogen-bond donors (Lipinski definition) is 2. The molecule has 140 valence electrons. The van der Waals surface area contributed by atoms with E-state index in [2.05, 4.69) is 10.0 Å². The summed E-state index contributed by atoms with van der Waals surface area (Å²) in [5, 5.41) is 3.30. The van der Waals surface area contributed by atoms with Gasteiger partial charge in [0.2, 0.25) is 15.9 Å². The molecule has 2 fully saturated rings. The van der Waals surface area contributed by atoms with Crippen molar-refractivity contribution in [1.82, 2.24) is 14.9 Å². The van der Waals surface area contributed by atoms with E-state index in [4.69, 9.17) is 0 Å². The first kappa shape index (κ1) is 20.1. The Bertz CT molecular complexity index is 717. The quantitative estimate of drug-likeness (QED) is 0.810. The van der Waals surface area contributed by atoms with Crippen LogP contribution in [0.2, 0.25) is 0 Å². The molecule has 1 amide bonds. The summed E-state index contributed by atoms with van der Waals surface area (Å²) in [5.41, 5.74) is 0. The van der Waals surface area contributed by atoms with Gasteiger partial charge < -0.3 is 10.2 Å². The van der Waals surface area contributed by atoms with Gasteiger partial charge in [-0.2, -0.15) is 4.72 Å². The summed E-state index contributed by atoms with van der Waals surface area (Å²) in [6.07, 6.45) is 2.75. The smallest absolute Gasteiger partial charge is 0.244 e. The Morgan fingerprint density at radius 2 is 1.96 bits per heavy atom. The van der Waals surface area contributed by atoms with Gasteiger partial charge in [-0.3, -0.25) is 4.79 Å². The maximum atomic E-state index is 13.8. The highest BCUT2D eigenvalue weighted by atomic mass is 35.5. The van der Waals surface area contributed by atoms with E-state index >= 15 is 0 Å². The van der Waals surface area contributed by atoms with Crippen molar-refractivity contribution in [2.24, 2.45) is 0 Å². The van der Waals surface area contributed by atoms with Crippen LogP contribution in [0.5, 0.6) is 0 Å². The standard InChI is InChI=1S/C16H22FN3O3S.ClH/c1-11(19-24(22,23)15-5-3-2-4-14(15)17)16(21)20-12-6-7-13(20)10-18-9-8-12;/h2-5,11-13,18-19H,6-10H2,1H3;1H. The van der Waals surface area contributed by atoms with Gasteiger partial charge in [0.15, 0.2) is 0 Å². The molecule has 1 aromatic rings. The van der Waals surface area contributed by atoms with Crippen LogP contribution in [0.15, 0.2) is 29.2 Å². The van der Waals surface area contributed by atoms with Crippen molar-refractivity contribution in [2.45, 2.75) is 49.2 Å². The van der Waals surface area contributed by atoms with Crippen molar-refractivity contribution in [3.05, 3.63) is 30.1 Å². The summed E-state index contributed by atoms with van der Waals surface area (Å²) < 4.78 is 40.8. The van der Waals surface area contributed by atoms with Gasteiger partial charge in [-0.15, -0.1) is 12.4 Å². The van der Waals surface area contributed by atoms with Crippen molar-refractivity contribution in [3.8, 4) is 0 Å². The Balaban J connectivity index is 0.00000225. The molecule has 0 saturated carbocycles. The highest BCUT2D eigenvalue weighted by molar-refractivity contribution is 7.89. The highest BCUT2D eigenvalue weighted by Gasteiger charge is 2.40. The molecule has 2 aliphatic heterocycles. The number of nitrogens with one attached hydrogen (secondary N) is 2. The van der Waals surface area contributed by atoms with E-state index in [0.717, 1.165) is 38.4 Å². The zero-order chi connectivity index (χ0) is 17.3. The predicted molar refractivity (Wildman–Crippen MR) is 94.6 cm³/mol. The maximum Gasteiger partial charge on any atom is 0.244 e. The normalized spacial score (nSPS) is 24.3. The van der Waals surface area contributed by atoms with Crippen LogP contribution in [0.4, 0.5) is 4.39 Å². The summed E-state index contributed by atoms with van der Waals surface area (Å²) >= 11 is 0. The van der Waals surface area contributed by atoms with Gasteiger partial charge in [0.25, 0.3) is 0 Å². The third-order valence-electron chi connectivity index (χ3n) is 4.74. The second kappa shape index (κ2) is 7.99. The van der Waals surface area contributed by atoms with E-state index in [-0.39, 0.29) is 30.4 Å². The molecular formula is C16H23ClFN3O3S. The average Bonchev–Trinajstić information content (AvgIpc) is 2.79. The van der Waals surface area contributed by atoms with E-state index in [1.807, 2.05) is 4.90 Å². The molecule has 0 aliphatic carbocycles. The Morgan fingerprint density at radius 1 is 1.28 bits per heavy atom. The van der Waals surface area contributed by atoms with Gasteiger partial charge in [-0.1, -0.05) is 12.1 Å². The summed E-state index contributed by atoms with van der Waals surface area (Å²) in [7, 11) is -4.09. The minimum absolute atomic E-state index is 0. The van der Waals surface area contributed by atoms with Crippen LogP contribution < -0.4 is 10.0 Å². The number of nitrogens with zero attached hydrogens (tertiary/aromatic N) is 1. The molecule has 9 heteroatoms. The molecule has 0 spiro atoms. The van der Waals surface area contributed by atoms with Crippen molar-refractivity contribution in [3.63, 3.8) is 0 Å². The fraction of sp³-hybridized carbons (Fsp3) is 0.562. The van der Waals surface area contributed by atoms with Crippen molar-refractivity contribution >= 4 is 28.3 Å². The number of rotatable bonds is 4. The zero-order valence-corrected chi connectivity index (χ0v) is 15.6. The first-order valence-electron chi connectivity index (χ1n) is 8.20. The number of sulfonamides is 1. The molecule has 2 saturated heterocycles. The Hall–Kier alpha value is -1.22. The van der Waals surface area contributed by atoms with Gasteiger partial charge in [-0.25, -0.2) is 12.8 Å². The molecule has 3 rings (SSSR count). The van der Waals surface area contributed by atoms with Crippen LogP contribution in [0, 0.1) is 5.82 Å². The molecule has 2 aliphatic rings. The first-order valence-corrected chi connectivity index (χ1v) is 9.68. The molecule has 0 radical (unpaired) electrons. The van der Waals surface area contributed by atoms with E-state index < -0.39 is 26.8 Å². The molecule has 3 unspecified atom stereocenters.